The number of nitrogens with zero attached hydrogens (tertiary/aromatic N) is 1. The average molecular weight is 288 g/mol. The largest absolute Gasteiger partial charge is 0.481 e. The van der Waals surface area contributed by atoms with Gasteiger partial charge in [0.25, 0.3) is 0 Å². The van der Waals surface area contributed by atoms with Crippen molar-refractivity contribution in [3.8, 4) is 0 Å². The number of aliphatic imine (C=N–C) groups is 1. The van der Waals surface area contributed by atoms with Crippen LogP contribution in [0, 0.1) is 0 Å². The first kappa shape index (κ1) is 15.8. The molecule has 1 amide bonds. The molecule has 108 valence electrons. The molecule has 0 bridgehead atoms. The Morgan fingerprint density at radius 1 is 1.53 bits per heavy atom. The van der Waals surface area contributed by atoms with E-state index in [1.165, 1.54) is 11.8 Å². The van der Waals surface area contributed by atoms with Crippen LogP contribution in [-0.2, 0) is 9.53 Å². The molecule has 0 aromatic carbocycles. The van der Waals surface area contributed by atoms with Crippen LogP contribution in [-0.4, -0.2) is 39.2 Å². The Kier molecular flexibility index (Phi) is 4.84. The summed E-state index contributed by atoms with van der Waals surface area (Å²) in [5, 5.41) is 11.9. The zero-order valence-electron chi connectivity index (χ0n) is 11.6. The molecule has 1 aliphatic heterocycles. The van der Waals surface area contributed by atoms with E-state index in [1.807, 2.05) is 6.92 Å². The van der Waals surface area contributed by atoms with Gasteiger partial charge in [0.05, 0.1) is 12.0 Å². The third kappa shape index (κ3) is 5.10. The van der Waals surface area contributed by atoms with Gasteiger partial charge in [-0.3, -0.25) is 15.1 Å². The van der Waals surface area contributed by atoms with Gasteiger partial charge in [-0.1, -0.05) is 18.7 Å². The highest BCUT2D eigenvalue weighted by Crippen LogP contribution is 2.33. The second-order valence-electron chi connectivity index (χ2n) is 5.48. The molecule has 0 saturated carbocycles. The molecule has 19 heavy (non-hydrogen) atoms. The van der Waals surface area contributed by atoms with Crippen molar-refractivity contribution in [1.82, 2.24) is 5.32 Å². The molecule has 0 aromatic rings. The van der Waals surface area contributed by atoms with Gasteiger partial charge in [0.15, 0.2) is 5.17 Å². The Hall–Kier alpha value is -1.24. The zero-order chi connectivity index (χ0) is 14.7. The first-order chi connectivity index (χ1) is 8.66. The number of hydrogen-bond donors (Lipinski definition) is 2. The fourth-order valence-corrected chi connectivity index (χ4v) is 2.81. The lowest BCUT2D eigenvalue weighted by Gasteiger charge is -2.20. The van der Waals surface area contributed by atoms with Crippen molar-refractivity contribution < 1.29 is 19.4 Å². The molecular formula is C12H20N2O4S. The Balaban J connectivity index is 2.66. The van der Waals surface area contributed by atoms with Crippen molar-refractivity contribution in [1.29, 1.82) is 0 Å². The summed E-state index contributed by atoms with van der Waals surface area (Å²) in [5.74, 6) is -0.328. The van der Waals surface area contributed by atoms with E-state index in [0.29, 0.717) is 17.3 Å². The summed E-state index contributed by atoms with van der Waals surface area (Å²) in [6.07, 6.45) is 0.0166. The van der Waals surface area contributed by atoms with Crippen LogP contribution < -0.4 is 5.32 Å². The standard InChI is InChI=1S/C12H20N2O4S/c1-5-12(6-8(15)16)7-19-9(14-12)13-10(17)18-11(2,3)4/h5-7H2,1-4H3,(H,15,16)(H,13,14,17). The van der Waals surface area contributed by atoms with Gasteiger partial charge in [-0.25, -0.2) is 4.79 Å². The van der Waals surface area contributed by atoms with Crippen LogP contribution in [0.15, 0.2) is 4.99 Å². The number of aliphatic carboxylic acids is 1. The third-order valence-electron chi connectivity index (χ3n) is 2.56. The molecule has 1 aliphatic rings. The van der Waals surface area contributed by atoms with Crippen molar-refractivity contribution in [3.05, 3.63) is 0 Å². The highest BCUT2D eigenvalue weighted by molar-refractivity contribution is 8.14. The minimum absolute atomic E-state index is 0.0317. The molecule has 1 atom stereocenters. The molecular weight excluding hydrogens is 268 g/mol. The fourth-order valence-electron chi connectivity index (χ4n) is 1.62. The van der Waals surface area contributed by atoms with Crippen LogP contribution in [0.1, 0.15) is 40.5 Å². The molecule has 0 aromatic heterocycles. The van der Waals surface area contributed by atoms with E-state index in [4.69, 9.17) is 9.84 Å². The lowest BCUT2D eigenvalue weighted by molar-refractivity contribution is -0.138. The Labute approximate surface area is 117 Å². The first-order valence-electron chi connectivity index (χ1n) is 6.10. The monoisotopic (exact) mass is 288 g/mol. The molecule has 1 heterocycles. The SMILES string of the molecule is CCC1(CC(=O)O)CSC(NC(=O)OC(C)(C)C)=N1. The molecule has 1 unspecified atom stereocenters. The number of carboxylic acids is 1. The maximum absolute atomic E-state index is 11.6. The summed E-state index contributed by atoms with van der Waals surface area (Å²) < 4.78 is 5.12. The summed E-state index contributed by atoms with van der Waals surface area (Å²) in [4.78, 5) is 26.8. The topological polar surface area (TPSA) is 88.0 Å². The lowest BCUT2D eigenvalue weighted by atomic mass is 9.95. The molecule has 0 radical (unpaired) electrons. The minimum Gasteiger partial charge on any atom is -0.481 e. The predicted molar refractivity (Wildman–Crippen MR) is 74.5 cm³/mol. The van der Waals surface area contributed by atoms with Crippen LogP contribution in [0.5, 0.6) is 0 Å². The Bertz CT molecular complexity index is 403. The highest BCUT2D eigenvalue weighted by atomic mass is 32.2. The van der Waals surface area contributed by atoms with E-state index in [2.05, 4.69) is 10.3 Å². The molecule has 0 spiro atoms. The average Bonchev–Trinajstić information content (AvgIpc) is 2.58. The van der Waals surface area contributed by atoms with Crippen LogP contribution in [0.3, 0.4) is 0 Å². The van der Waals surface area contributed by atoms with Crippen LogP contribution in [0.25, 0.3) is 0 Å². The quantitative estimate of drug-likeness (QED) is 0.831. The fraction of sp³-hybridized carbons (Fsp3) is 0.750. The van der Waals surface area contributed by atoms with E-state index >= 15 is 0 Å². The van der Waals surface area contributed by atoms with Crippen molar-refractivity contribution >= 4 is 29.0 Å². The maximum Gasteiger partial charge on any atom is 0.413 e. The van der Waals surface area contributed by atoms with E-state index in [0.717, 1.165) is 0 Å². The van der Waals surface area contributed by atoms with Gasteiger partial charge in [-0.2, -0.15) is 0 Å². The number of carboxylic acid groups (broad SMARTS) is 1. The Morgan fingerprint density at radius 2 is 2.16 bits per heavy atom. The van der Waals surface area contributed by atoms with E-state index in [9.17, 15) is 9.59 Å². The normalized spacial score (nSPS) is 22.8. The number of carbonyl (C=O) groups excluding carboxylic acids is 1. The number of amidine groups is 1. The van der Waals surface area contributed by atoms with Crippen LogP contribution in [0.2, 0.25) is 0 Å². The number of thioether (sulfide) groups is 1. The van der Waals surface area contributed by atoms with Gasteiger partial charge >= 0.3 is 12.1 Å². The van der Waals surface area contributed by atoms with Gasteiger partial charge in [0.2, 0.25) is 0 Å². The van der Waals surface area contributed by atoms with Gasteiger partial charge in [-0.05, 0) is 27.2 Å². The van der Waals surface area contributed by atoms with Gasteiger partial charge in [0.1, 0.15) is 5.60 Å². The lowest BCUT2D eigenvalue weighted by Crippen LogP contribution is -2.35. The zero-order valence-corrected chi connectivity index (χ0v) is 12.5. The third-order valence-corrected chi connectivity index (χ3v) is 3.71. The molecule has 0 aliphatic carbocycles. The van der Waals surface area contributed by atoms with Gasteiger partial charge < -0.3 is 9.84 Å². The summed E-state index contributed by atoms with van der Waals surface area (Å²) in [7, 11) is 0. The minimum atomic E-state index is -0.885. The number of ether oxygens (including phenoxy) is 1. The van der Waals surface area contributed by atoms with Crippen molar-refractivity contribution in [2.24, 2.45) is 4.99 Å². The maximum atomic E-state index is 11.6. The molecule has 7 heteroatoms. The number of carbonyl (C=O) groups is 2. The van der Waals surface area contributed by atoms with Crippen LogP contribution >= 0.6 is 11.8 Å². The van der Waals surface area contributed by atoms with E-state index in [1.54, 1.807) is 20.8 Å². The first-order valence-corrected chi connectivity index (χ1v) is 7.09. The van der Waals surface area contributed by atoms with Crippen LogP contribution in [0.4, 0.5) is 4.79 Å². The number of hydrogen-bond acceptors (Lipinski definition) is 5. The summed E-state index contributed by atoms with van der Waals surface area (Å²) in [6, 6.07) is 0. The highest BCUT2D eigenvalue weighted by Gasteiger charge is 2.37. The number of nitrogens with one attached hydrogen (secondary N) is 1. The van der Waals surface area contributed by atoms with Crippen molar-refractivity contribution in [3.63, 3.8) is 0 Å². The molecule has 6 nitrogen and oxygen atoms in total. The number of amides is 1. The molecule has 1 rings (SSSR count). The summed E-state index contributed by atoms with van der Waals surface area (Å²) in [6.45, 7) is 7.22. The van der Waals surface area contributed by atoms with Crippen molar-refractivity contribution in [2.45, 2.75) is 51.7 Å². The molecule has 2 N–H and O–H groups in total. The molecule has 0 fully saturated rings. The second-order valence-corrected chi connectivity index (χ2v) is 6.44. The van der Waals surface area contributed by atoms with Crippen molar-refractivity contribution in [2.75, 3.05) is 5.75 Å². The Morgan fingerprint density at radius 3 is 2.63 bits per heavy atom. The molecule has 0 saturated heterocycles. The van der Waals surface area contributed by atoms with Gasteiger partial charge in [0, 0.05) is 5.75 Å². The van der Waals surface area contributed by atoms with Gasteiger partial charge in [-0.15, -0.1) is 0 Å². The van der Waals surface area contributed by atoms with E-state index in [-0.39, 0.29) is 6.42 Å². The van der Waals surface area contributed by atoms with E-state index < -0.39 is 23.2 Å². The summed E-state index contributed by atoms with van der Waals surface area (Å²) >= 11 is 1.34. The smallest absolute Gasteiger partial charge is 0.413 e. The second kappa shape index (κ2) is 5.81. The number of rotatable bonds is 3. The summed E-state index contributed by atoms with van der Waals surface area (Å²) in [5.41, 5.74) is -1.20. The predicted octanol–water partition coefficient (Wildman–Crippen LogP) is 2.24. The number of alkyl carbamates (subject to hydrolysis) is 1.